The Labute approximate surface area is 103 Å². The van der Waals surface area contributed by atoms with Crippen LogP contribution < -0.4 is 10.6 Å². The number of hydrogen-bond acceptors (Lipinski definition) is 3. The summed E-state index contributed by atoms with van der Waals surface area (Å²) in [5.74, 6) is -2.28. The van der Waals surface area contributed by atoms with E-state index in [4.69, 9.17) is 21.8 Å². The Morgan fingerprint density at radius 2 is 1.82 bits per heavy atom. The van der Waals surface area contributed by atoms with Gasteiger partial charge in [0.1, 0.15) is 0 Å². The van der Waals surface area contributed by atoms with Crippen LogP contribution in [0.1, 0.15) is 13.3 Å². The first-order valence-corrected chi connectivity index (χ1v) is 5.38. The summed E-state index contributed by atoms with van der Waals surface area (Å²) in [6, 6.07) is -0.580. The third kappa shape index (κ3) is 5.96. The molecule has 7 nitrogen and oxygen atoms in total. The van der Waals surface area contributed by atoms with E-state index in [1.54, 1.807) is 0 Å². The number of urea groups is 1. The number of halogens is 1. The average molecular weight is 267 g/mol. The molecule has 0 aliphatic heterocycles. The molecule has 0 saturated heterocycles. The summed E-state index contributed by atoms with van der Waals surface area (Å²) in [6.07, 6.45) is -0.571. The van der Waals surface area contributed by atoms with Crippen molar-refractivity contribution in [3.05, 3.63) is 0 Å². The van der Waals surface area contributed by atoms with Gasteiger partial charge in [-0.3, -0.25) is 9.59 Å². The fourth-order valence-electron chi connectivity index (χ4n) is 1.05. The summed E-state index contributed by atoms with van der Waals surface area (Å²) in [5, 5.41) is 22.2. The van der Waals surface area contributed by atoms with E-state index in [1.807, 2.05) is 0 Å². The van der Waals surface area contributed by atoms with Crippen molar-refractivity contribution in [2.24, 2.45) is 5.41 Å². The first-order chi connectivity index (χ1) is 7.81. The molecule has 1 unspecified atom stereocenters. The molecule has 0 fully saturated rings. The quantitative estimate of drug-likeness (QED) is 0.488. The first-order valence-electron chi connectivity index (χ1n) is 4.84. The molecule has 0 aliphatic carbocycles. The van der Waals surface area contributed by atoms with Crippen molar-refractivity contribution >= 4 is 29.6 Å². The number of hydrogen-bond donors (Lipinski definition) is 4. The lowest BCUT2D eigenvalue weighted by molar-refractivity contribution is -0.154. The minimum Gasteiger partial charge on any atom is -0.481 e. The van der Waals surface area contributed by atoms with Gasteiger partial charge < -0.3 is 20.8 Å². The lowest BCUT2D eigenvalue weighted by atomic mass is 9.87. The smallest absolute Gasteiger partial charge is 0.314 e. The molecule has 0 bridgehead atoms. The second-order valence-electron chi connectivity index (χ2n) is 3.73. The number of carbonyl (C=O) groups excluding carboxylic acids is 1. The Hall–Kier alpha value is -1.50. The van der Waals surface area contributed by atoms with Crippen LogP contribution in [0.5, 0.6) is 0 Å². The van der Waals surface area contributed by atoms with E-state index in [0.29, 0.717) is 0 Å². The van der Waals surface area contributed by atoms with Gasteiger partial charge in [-0.2, -0.15) is 0 Å². The van der Waals surface area contributed by atoms with Crippen molar-refractivity contribution in [2.45, 2.75) is 13.3 Å². The molecule has 0 aliphatic rings. The Morgan fingerprint density at radius 3 is 2.24 bits per heavy atom. The largest absolute Gasteiger partial charge is 0.481 e. The molecule has 1 atom stereocenters. The molecule has 0 aromatic heterocycles. The van der Waals surface area contributed by atoms with E-state index < -0.39 is 29.8 Å². The number of carboxylic acids is 2. The van der Waals surface area contributed by atoms with Gasteiger partial charge in [0, 0.05) is 19.0 Å². The number of aliphatic carboxylic acids is 2. The van der Waals surface area contributed by atoms with Gasteiger partial charge >= 0.3 is 18.0 Å². The highest BCUT2D eigenvalue weighted by molar-refractivity contribution is 6.18. The van der Waals surface area contributed by atoms with Crippen molar-refractivity contribution in [3.63, 3.8) is 0 Å². The third-order valence-corrected chi connectivity index (χ3v) is 2.27. The number of alkyl halides is 1. The monoisotopic (exact) mass is 266 g/mol. The molecule has 2 amide bonds. The highest BCUT2D eigenvalue weighted by Crippen LogP contribution is 2.20. The molecule has 0 rings (SSSR count). The Morgan fingerprint density at radius 1 is 1.24 bits per heavy atom. The number of nitrogens with one attached hydrogen (secondary N) is 2. The molecule has 0 saturated carbocycles. The lowest BCUT2D eigenvalue weighted by Crippen LogP contribution is -2.46. The highest BCUT2D eigenvalue weighted by atomic mass is 35.5. The number of rotatable bonds is 7. The molecular formula is C9H15ClN2O5. The van der Waals surface area contributed by atoms with Crippen LogP contribution >= 0.6 is 11.6 Å². The molecule has 0 aromatic carbocycles. The predicted octanol–water partition coefficient (Wildman–Crippen LogP) is 0.0900. The fourth-order valence-corrected chi connectivity index (χ4v) is 1.14. The van der Waals surface area contributed by atoms with E-state index in [1.165, 1.54) is 6.92 Å². The molecule has 0 aromatic rings. The van der Waals surface area contributed by atoms with Gasteiger partial charge in [-0.15, -0.1) is 11.6 Å². The summed E-state index contributed by atoms with van der Waals surface area (Å²) < 4.78 is 0. The van der Waals surface area contributed by atoms with E-state index in [-0.39, 0.29) is 19.0 Å². The maximum absolute atomic E-state index is 11.1. The molecule has 0 radical (unpaired) electrons. The summed E-state index contributed by atoms with van der Waals surface area (Å²) >= 11 is 5.34. The maximum Gasteiger partial charge on any atom is 0.314 e. The molecule has 8 heteroatoms. The van der Waals surface area contributed by atoms with Crippen molar-refractivity contribution < 1.29 is 24.6 Å². The van der Waals surface area contributed by atoms with Crippen LogP contribution in [-0.2, 0) is 9.59 Å². The van der Waals surface area contributed by atoms with Gasteiger partial charge in [0.2, 0.25) is 0 Å². The van der Waals surface area contributed by atoms with Gasteiger partial charge in [0.05, 0.1) is 11.8 Å². The normalized spacial score (nSPS) is 13.5. The topological polar surface area (TPSA) is 116 Å². The zero-order valence-corrected chi connectivity index (χ0v) is 10.1. The highest BCUT2D eigenvalue weighted by Gasteiger charge is 2.36. The molecular weight excluding hydrogens is 252 g/mol. The summed E-state index contributed by atoms with van der Waals surface area (Å²) in [6.45, 7) is 1.23. The van der Waals surface area contributed by atoms with Crippen molar-refractivity contribution in [2.75, 3.05) is 19.0 Å². The zero-order chi connectivity index (χ0) is 13.5. The molecule has 98 valence electrons. The minimum atomic E-state index is -1.54. The van der Waals surface area contributed by atoms with Crippen molar-refractivity contribution in [1.82, 2.24) is 10.6 Å². The number of amides is 2. The Balaban J connectivity index is 4.32. The van der Waals surface area contributed by atoms with Crippen molar-refractivity contribution in [1.29, 1.82) is 0 Å². The van der Waals surface area contributed by atoms with Crippen LogP contribution in [0.3, 0.4) is 0 Å². The van der Waals surface area contributed by atoms with Gasteiger partial charge in [0.15, 0.2) is 0 Å². The second-order valence-corrected chi connectivity index (χ2v) is 4.11. The van der Waals surface area contributed by atoms with Crippen LogP contribution in [0.25, 0.3) is 0 Å². The van der Waals surface area contributed by atoms with Crippen LogP contribution in [0.2, 0.25) is 0 Å². The van der Waals surface area contributed by atoms with Crippen LogP contribution in [0, 0.1) is 5.41 Å². The summed E-state index contributed by atoms with van der Waals surface area (Å²) in [7, 11) is 0. The van der Waals surface area contributed by atoms with Crippen molar-refractivity contribution in [3.8, 4) is 0 Å². The molecule has 0 spiro atoms. The molecule has 4 N–H and O–H groups in total. The van der Waals surface area contributed by atoms with Crippen LogP contribution in [0.15, 0.2) is 0 Å². The maximum atomic E-state index is 11.1. The fraction of sp³-hybridized carbons (Fsp3) is 0.667. The van der Waals surface area contributed by atoms with E-state index in [9.17, 15) is 14.4 Å². The standard InChI is InChI=1S/C9H15ClN2O5/c1-9(7(15)16,4-6(13)14)5-12-8(17)11-3-2-10/h2-5H2,1H3,(H,13,14)(H,15,16)(H2,11,12,17). The number of carboxylic acid groups (broad SMARTS) is 2. The van der Waals surface area contributed by atoms with Gasteiger partial charge in [-0.1, -0.05) is 0 Å². The van der Waals surface area contributed by atoms with Crippen LogP contribution in [-0.4, -0.2) is 47.2 Å². The van der Waals surface area contributed by atoms with E-state index >= 15 is 0 Å². The SMILES string of the molecule is CC(CNC(=O)NCCCl)(CC(=O)O)C(=O)O. The Kier molecular flexibility index (Phi) is 6.34. The zero-order valence-electron chi connectivity index (χ0n) is 9.33. The third-order valence-electron chi connectivity index (χ3n) is 2.08. The number of carbonyl (C=O) groups is 3. The summed E-state index contributed by atoms with van der Waals surface area (Å²) in [5.41, 5.74) is -1.54. The van der Waals surface area contributed by atoms with Gasteiger partial charge in [-0.25, -0.2) is 4.79 Å². The molecule has 17 heavy (non-hydrogen) atoms. The molecule has 0 heterocycles. The van der Waals surface area contributed by atoms with E-state index in [0.717, 1.165) is 0 Å². The van der Waals surface area contributed by atoms with E-state index in [2.05, 4.69) is 10.6 Å². The lowest BCUT2D eigenvalue weighted by Gasteiger charge is -2.23. The first kappa shape index (κ1) is 15.5. The van der Waals surface area contributed by atoms with Gasteiger partial charge in [-0.05, 0) is 6.92 Å². The Bertz CT molecular complexity index is 310. The van der Waals surface area contributed by atoms with Gasteiger partial charge in [0.25, 0.3) is 0 Å². The average Bonchev–Trinajstić information content (AvgIpc) is 2.22. The van der Waals surface area contributed by atoms with Crippen LogP contribution in [0.4, 0.5) is 4.79 Å². The second kappa shape index (κ2) is 6.95. The minimum absolute atomic E-state index is 0.235. The summed E-state index contributed by atoms with van der Waals surface area (Å²) in [4.78, 5) is 32.6. The predicted molar refractivity (Wildman–Crippen MR) is 60.1 cm³/mol.